The number of tetrazole rings is 1. The van der Waals surface area contributed by atoms with E-state index in [1.54, 1.807) is 4.68 Å². The molecule has 1 aliphatic heterocycles. The highest BCUT2D eigenvalue weighted by molar-refractivity contribution is 5.38. The summed E-state index contributed by atoms with van der Waals surface area (Å²) >= 11 is 0. The molecule has 2 heterocycles. The molecule has 0 aliphatic carbocycles. The Labute approximate surface area is 137 Å². The number of nitrogens with zero attached hydrogens (tertiary/aromatic N) is 5. The molecule has 1 N–H and O–H groups in total. The molecule has 24 heavy (non-hydrogen) atoms. The zero-order valence-electron chi connectivity index (χ0n) is 13.1. The van der Waals surface area contributed by atoms with Gasteiger partial charge in [0.2, 0.25) is 5.95 Å². The number of anilines is 1. The van der Waals surface area contributed by atoms with E-state index < -0.39 is 12.7 Å². The monoisotopic (exact) mass is 340 g/mol. The van der Waals surface area contributed by atoms with Crippen LogP contribution in [0.3, 0.4) is 0 Å². The first-order valence-electron chi connectivity index (χ1n) is 7.88. The van der Waals surface area contributed by atoms with Crippen molar-refractivity contribution in [1.82, 2.24) is 25.1 Å². The molecule has 1 aromatic heterocycles. The first-order chi connectivity index (χ1) is 11.5. The topological polar surface area (TPSA) is 58.9 Å². The Kier molecular flexibility index (Phi) is 4.98. The zero-order valence-corrected chi connectivity index (χ0v) is 13.1. The summed E-state index contributed by atoms with van der Waals surface area (Å²) in [5, 5.41) is 14.8. The molecule has 0 radical (unpaired) electrons. The number of hydrogen-bond acceptors (Lipinski definition) is 5. The average Bonchev–Trinajstić information content (AvgIpc) is 3.02. The van der Waals surface area contributed by atoms with Gasteiger partial charge in [0.1, 0.15) is 0 Å². The number of benzene rings is 1. The lowest BCUT2D eigenvalue weighted by atomic mass is 9.97. The molecule has 1 aromatic carbocycles. The van der Waals surface area contributed by atoms with Crippen LogP contribution in [-0.4, -0.2) is 57.5 Å². The van der Waals surface area contributed by atoms with Gasteiger partial charge in [0, 0.05) is 6.54 Å². The molecule has 0 unspecified atom stereocenters. The minimum Gasteiger partial charge on any atom is -0.352 e. The minimum atomic E-state index is -4.12. The van der Waals surface area contributed by atoms with Crippen molar-refractivity contribution in [2.45, 2.75) is 19.0 Å². The van der Waals surface area contributed by atoms with Crippen molar-refractivity contribution in [2.75, 3.05) is 31.5 Å². The molecule has 0 atom stereocenters. The van der Waals surface area contributed by atoms with E-state index in [-0.39, 0.29) is 0 Å². The molecule has 0 saturated carbocycles. The second-order valence-electron chi connectivity index (χ2n) is 5.97. The van der Waals surface area contributed by atoms with Crippen molar-refractivity contribution in [1.29, 1.82) is 0 Å². The number of piperidine rings is 1. The summed E-state index contributed by atoms with van der Waals surface area (Å²) in [5.74, 6) is 0.856. The second kappa shape index (κ2) is 7.16. The quantitative estimate of drug-likeness (QED) is 0.905. The van der Waals surface area contributed by atoms with E-state index in [2.05, 4.69) is 20.8 Å². The van der Waals surface area contributed by atoms with Crippen LogP contribution in [0, 0.1) is 5.92 Å². The predicted octanol–water partition coefficient (Wildman–Crippen LogP) is 2.35. The van der Waals surface area contributed by atoms with Crippen molar-refractivity contribution in [3.05, 3.63) is 30.3 Å². The summed E-state index contributed by atoms with van der Waals surface area (Å²) in [7, 11) is 0. The number of halogens is 3. The third-order valence-electron chi connectivity index (χ3n) is 4.13. The number of rotatable bonds is 5. The Hall–Kier alpha value is -2.16. The minimum absolute atomic E-state index is 0.315. The fraction of sp³-hybridized carbons (Fsp3) is 0.533. The lowest BCUT2D eigenvalue weighted by Crippen LogP contribution is -2.41. The molecule has 9 heteroatoms. The Balaban J connectivity index is 1.51. The molecule has 3 rings (SSSR count). The van der Waals surface area contributed by atoms with Crippen molar-refractivity contribution >= 4 is 5.95 Å². The van der Waals surface area contributed by atoms with Gasteiger partial charge in [0.05, 0.1) is 12.2 Å². The van der Waals surface area contributed by atoms with E-state index >= 15 is 0 Å². The normalized spacial score (nSPS) is 17.1. The van der Waals surface area contributed by atoms with Crippen LogP contribution in [0.15, 0.2) is 30.3 Å². The smallest absolute Gasteiger partial charge is 0.352 e. The highest BCUT2D eigenvalue weighted by Gasteiger charge is 2.32. The molecule has 1 aliphatic rings. The first kappa shape index (κ1) is 16.7. The van der Waals surface area contributed by atoms with Crippen molar-refractivity contribution in [2.24, 2.45) is 5.92 Å². The van der Waals surface area contributed by atoms with E-state index in [0.29, 0.717) is 31.5 Å². The predicted molar refractivity (Wildman–Crippen MR) is 82.9 cm³/mol. The molecular formula is C15H19F3N6. The van der Waals surface area contributed by atoms with Crippen LogP contribution in [0.5, 0.6) is 0 Å². The molecule has 2 aromatic rings. The van der Waals surface area contributed by atoms with Gasteiger partial charge < -0.3 is 5.32 Å². The van der Waals surface area contributed by atoms with Crippen LogP contribution in [0.1, 0.15) is 12.8 Å². The largest absolute Gasteiger partial charge is 0.401 e. The summed E-state index contributed by atoms with van der Waals surface area (Å²) in [6.45, 7) is 0.761. The average molecular weight is 340 g/mol. The van der Waals surface area contributed by atoms with E-state index in [1.807, 2.05) is 30.3 Å². The molecule has 1 fully saturated rings. The van der Waals surface area contributed by atoms with Crippen LogP contribution >= 0.6 is 0 Å². The maximum absolute atomic E-state index is 12.4. The highest BCUT2D eigenvalue weighted by Crippen LogP contribution is 2.23. The number of alkyl halides is 3. The van der Waals surface area contributed by atoms with Crippen LogP contribution in [0.4, 0.5) is 19.1 Å². The summed E-state index contributed by atoms with van der Waals surface area (Å²) < 4.78 is 38.8. The zero-order chi connectivity index (χ0) is 17.0. The molecule has 6 nitrogen and oxygen atoms in total. The fourth-order valence-electron chi connectivity index (χ4n) is 2.88. The lowest BCUT2D eigenvalue weighted by molar-refractivity contribution is -0.148. The van der Waals surface area contributed by atoms with Crippen LogP contribution < -0.4 is 5.32 Å². The molecule has 1 saturated heterocycles. The standard InChI is InChI=1S/C15H19F3N6/c16-15(17,18)11-23-8-6-12(7-9-23)10-19-14-20-21-22-24(14)13-4-2-1-3-5-13/h1-5,12H,6-11H2,(H,19,20,22). The molecule has 0 spiro atoms. The van der Waals surface area contributed by atoms with Gasteiger partial charge in [-0.25, -0.2) is 0 Å². The molecule has 0 amide bonds. The Morgan fingerprint density at radius 3 is 2.50 bits per heavy atom. The third kappa shape index (κ3) is 4.44. The van der Waals surface area contributed by atoms with Crippen LogP contribution in [-0.2, 0) is 0 Å². The highest BCUT2D eigenvalue weighted by atomic mass is 19.4. The van der Waals surface area contributed by atoms with E-state index in [4.69, 9.17) is 0 Å². The van der Waals surface area contributed by atoms with E-state index in [0.717, 1.165) is 18.5 Å². The SMILES string of the molecule is FC(F)(F)CN1CCC(CNc2nnnn2-c2ccccc2)CC1. The van der Waals surface area contributed by atoms with Crippen LogP contribution in [0.2, 0.25) is 0 Å². The Bertz CT molecular complexity index is 634. The Morgan fingerprint density at radius 1 is 1.12 bits per heavy atom. The van der Waals surface area contributed by atoms with Crippen molar-refractivity contribution in [3.8, 4) is 5.69 Å². The molecular weight excluding hydrogens is 321 g/mol. The maximum Gasteiger partial charge on any atom is 0.401 e. The number of likely N-dealkylation sites (tertiary alicyclic amines) is 1. The summed E-state index contributed by atoms with van der Waals surface area (Å²) in [6.07, 6.45) is -2.66. The lowest BCUT2D eigenvalue weighted by Gasteiger charge is -2.32. The molecule has 130 valence electrons. The van der Waals surface area contributed by atoms with E-state index in [1.165, 1.54) is 4.90 Å². The van der Waals surface area contributed by atoms with Gasteiger partial charge in [-0.2, -0.15) is 17.9 Å². The van der Waals surface area contributed by atoms with Gasteiger partial charge >= 0.3 is 6.18 Å². The summed E-state index contributed by atoms with van der Waals surface area (Å²) in [5.41, 5.74) is 0.852. The van der Waals surface area contributed by atoms with Gasteiger partial charge in [0.25, 0.3) is 0 Å². The van der Waals surface area contributed by atoms with Crippen LogP contribution in [0.25, 0.3) is 5.69 Å². The number of aromatic nitrogens is 4. The first-order valence-corrected chi connectivity index (χ1v) is 7.88. The van der Waals surface area contributed by atoms with Gasteiger partial charge in [-0.15, -0.1) is 0 Å². The van der Waals surface area contributed by atoms with Gasteiger partial charge in [-0.3, -0.25) is 4.90 Å². The summed E-state index contributed by atoms with van der Waals surface area (Å²) in [4.78, 5) is 1.46. The van der Waals surface area contributed by atoms with Gasteiger partial charge in [-0.1, -0.05) is 23.3 Å². The second-order valence-corrected chi connectivity index (χ2v) is 5.97. The number of para-hydroxylation sites is 1. The van der Waals surface area contributed by atoms with E-state index in [9.17, 15) is 13.2 Å². The Morgan fingerprint density at radius 2 is 1.83 bits per heavy atom. The van der Waals surface area contributed by atoms with Gasteiger partial charge in [-0.05, 0) is 54.4 Å². The van der Waals surface area contributed by atoms with Gasteiger partial charge in [0.15, 0.2) is 0 Å². The third-order valence-corrected chi connectivity index (χ3v) is 4.13. The summed E-state index contributed by atoms with van der Waals surface area (Å²) in [6, 6.07) is 9.51. The molecule has 0 bridgehead atoms. The number of hydrogen-bond donors (Lipinski definition) is 1. The number of nitrogens with one attached hydrogen (secondary N) is 1. The maximum atomic E-state index is 12.4. The van der Waals surface area contributed by atoms with Crippen molar-refractivity contribution in [3.63, 3.8) is 0 Å². The fourth-order valence-corrected chi connectivity index (χ4v) is 2.88. The van der Waals surface area contributed by atoms with Crippen molar-refractivity contribution < 1.29 is 13.2 Å².